The number of imide groups is 1. The van der Waals surface area contributed by atoms with Gasteiger partial charge in [-0.1, -0.05) is 36.0 Å². The van der Waals surface area contributed by atoms with Gasteiger partial charge in [0.2, 0.25) is 11.8 Å². The zero-order chi connectivity index (χ0) is 23.4. The first kappa shape index (κ1) is 22.7. The van der Waals surface area contributed by atoms with Gasteiger partial charge in [0.25, 0.3) is 5.91 Å². The molecule has 4 rings (SSSR count). The van der Waals surface area contributed by atoms with Crippen molar-refractivity contribution in [2.24, 2.45) is 0 Å². The Bertz CT molecular complexity index is 1190. The van der Waals surface area contributed by atoms with Crippen LogP contribution in [-0.4, -0.2) is 27.9 Å². The predicted molar refractivity (Wildman–Crippen MR) is 124 cm³/mol. The summed E-state index contributed by atoms with van der Waals surface area (Å²) in [6.45, 7) is 3.77. The minimum atomic E-state index is -0.733. The van der Waals surface area contributed by atoms with E-state index in [1.165, 1.54) is 11.8 Å². The van der Waals surface area contributed by atoms with E-state index in [0.717, 1.165) is 17.0 Å². The van der Waals surface area contributed by atoms with Gasteiger partial charge in [-0.25, -0.2) is 4.98 Å². The molecule has 1 unspecified atom stereocenters. The van der Waals surface area contributed by atoms with Crippen molar-refractivity contribution in [3.05, 3.63) is 71.2 Å². The van der Waals surface area contributed by atoms with Crippen LogP contribution in [0.3, 0.4) is 0 Å². The Balaban J connectivity index is 1.47. The molecule has 3 heterocycles. The number of nitrogens with zero attached hydrogens (tertiary/aromatic N) is 2. The number of anilines is 1. The van der Waals surface area contributed by atoms with Crippen molar-refractivity contribution in [3.8, 4) is 0 Å². The fourth-order valence-corrected chi connectivity index (χ4v) is 4.82. The normalized spacial score (nSPS) is 18.1. The number of hydrogen-bond donors (Lipinski definition) is 2. The Morgan fingerprint density at radius 1 is 1.24 bits per heavy atom. The van der Waals surface area contributed by atoms with Gasteiger partial charge in [0, 0.05) is 30.1 Å². The largest absolute Gasteiger partial charge is 0.361 e. The molecule has 1 atom stereocenters. The van der Waals surface area contributed by atoms with E-state index in [9.17, 15) is 14.4 Å². The molecule has 0 bridgehead atoms. The van der Waals surface area contributed by atoms with Gasteiger partial charge in [-0.05, 0) is 49.6 Å². The third-order valence-corrected chi connectivity index (χ3v) is 6.85. The van der Waals surface area contributed by atoms with Crippen LogP contribution < -0.4 is 10.6 Å². The topological polar surface area (TPSA) is 114 Å². The molecule has 1 aliphatic heterocycles. The second-order valence-corrected chi connectivity index (χ2v) is 8.88. The van der Waals surface area contributed by atoms with Gasteiger partial charge in [0.15, 0.2) is 0 Å². The van der Waals surface area contributed by atoms with Crippen LogP contribution in [0.2, 0.25) is 0 Å². The number of hydrogen-bond acceptors (Lipinski definition) is 7. The highest BCUT2D eigenvalue weighted by molar-refractivity contribution is 7.98. The molecule has 170 valence electrons. The molecule has 0 aliphatic carbocycles. The molecule has 2 aromatic heterocycles. The molecule has 0 radical (unpaired) electrons. The van der Waals surface area contributed by atoms with Gasteiger partial charge in [-0.2, -0.15) is 0 Å². The minimum Gasteiger partial charge on any atom is -0.361 e. The van der Waals surface area contributed by atoms with Crippen LogP contribution >= 0.6 is 11.8 Å². The van der Waals surface area contributed by atoms with Crippen LogP contribution in [0, 0.1) is 6.92 Å². The predicted octanol–water partition coefficient (Wildman–Crippen LogP) is 4.01. The van der Waals surface area contributed by atoms with Gasteiger partial charge < -0.3 is 9.84 Å². The summed E-state index contributed by atoms with van der Waals surface area (Å²) in [5.74, 6) is 0.484. The number of thioether (sulfide) groups is 1. The quantitative estimate of drug-likeness (QED) is 0.401. The van der Waals surface area contributed by atoms with Crippen LogP contribution in [-0.2, 0) is 20.8 Å². The first-order chi connectivity index (χ1) is 15.9. The summed E-state index contributed by atoms with van der Waals surface area (Å²) >= 11 is 1.41. The van der Waals surface area contributed by atoms with Crippen molar-refractivity contribution in [2.75, 3.05) is 5.32 Å². The molecular weight excluding hydrogens is 440 g/mol. The molecule has 1 fully saturated rings. The molecule has 0 spiro atoms. The highest BCUT2D eigenvalue weighted by Gasteiger charge is 2.42. The first-order valence-electron chi connectivity index (χ1n) is 10.7. The maximum atomic E-state index is 12.9. The molecule has 33 heavy (non-hydrogen) atoms. The summed E-state index contributed by atoms with van der Waals surface area (Å²) in [6.07, 6.45) is 3.01. The van der Waals surface area contributed by atoms with Crippen LogP contribution in [0.15, 0.2) is 58.2 Å². The van der Waals surface area contributed by atoms with Crippen molar-refractivity contribution >= 4 is 35.2 Å². The van der Waals surface area contributed by atoms with Crippen molar-refractivity contribution in [3.63, 3.8) is 0 Å². The number of amides is 3. The fourth-order valence-electron chi connectivity index (χ4n) is 3.94. The van der Waals surface area contributed by atoms with Gasteiger partial charge >= 0.3 is 0 Å². The van der Waals surface area contributed by atoms with Crippen LogP contribution in [0.4, 0.5) is 5.69 Å². The fraction of sp³-hybridized carbons (Fsp3) is 0.292. The summed E-state index contributed by atoms with van der Waals surface area (Å²) < 4.78 is 5.09. The minimum absolute atomic E-state index is 0.239. The van der Waals surface area contributed by atoms with E-state index in [1.807, 2.05) is 32.0 Å². The second-order valence-electron chi connectivity index (χ2n) is 7.92. The smallest absolute Gasteiger partial charge is 0.258 e. The lowest BCUT2D eigenvalue weighted by atomic mass is 9.72. The molecule has 3 amide bonds. The summed E-state index contributed by atoms with van der Waals surface area (Å²) in [5, 5.41) is 9.92. The summed E-state index contributed by atoms with van der Waals surface area (Å²) in [4.78, 5) is 41.5. The molecule has 9 heteroatoms. The van der Waals surface area contributed by atoms with Crippen molar-refractivity contribution in [1.29, 1.82) is 0 Å². The Labute approximate surface area is 195 Å². The van der Waals surface area contributed by atoms with Gasteiger partial charge in [0.05, 0.1) is 16.7 Å². The molecule has 3 aromatic rings. The van der Waals surface area contributed by atoms with E-state index in [1.54, 1.807) is 30.5 Å². The number of aromatic nitrogens is 2. The average molecular weight is 465 g/mol. The second kappa shape index (κ2) is 9.58. The van der Waals surface area contributed by atoms with Crippen molar-refractivity contribution in [1.82, 2.24) is 15.5 Å². The number of rotatable bonds is 7. The number of piperidine rings is 1. The Morgan fingerprint density at radius 3 is 2.70 bits per heavy atom. The molecule has 0 saturated carbocycles. The molecule has 1 aromatic carbocycles. The first-order valence-corrected chi connectivity index (χ1v) is 11.7. The molecule has 8 nitrogen and oxygen atoms in total. The monoisotopic (exact) mass is 464 g/mol. The number of nitrogens with one attached hydrogen (secondary N) is 2. The number of carbonyl (C=O) groups excluding carboxylic acids is 3. The van der Waals surface area contributed by atoms with Crippen LogP contribution in [0.5, 0.6) is 0 Å². The zero-order valence-electron chi connectivity index (χ0n) is 18.4. The third-order valence-electron chi connectivity index (χ3n) is 5.81. The number of pyridine rings is 1. The number of benzene rings is 1. The molecule has 1 saturated heterocycles. The lowest BCUT2D eigenvalue weighted by Crippen LogP contribution is -2.51. The lowest BCUT2D eigenvalue weighted by molar-refractivity contribution is -0.138. The van der Waals surface area contributed by atoms with E-state index in [2.05, 4.69) is 20.8 Å². The van der Waals surface area contributed by atoms with E-state index in [4.69, 9.17) is 4.52 Å². The van der Waals surface area contributed by atoms with E-state index < -0.39 is 5.41 Å². The van der Waals surface area contributed by atoms with Crippen molar-refractivity contribution in [2.45, 2.75) is 49.3 Å². The average Bonchev–Trinajstić information content (AvgIpc) is 3.24. The Hall–Kier alpha value is -3.46. The van der Waals surface area contributed by atoms with E-state index >= 15 is 0 Å². The standard InChI is InChI=1S/C24H24N4O4S/c1-3-24(11-10-20(29)27-23(24)31)16-6-8-17(9-7-16)26-21(30)19-5-4-12-25-22(19)33-14-18-13-15(2)32-28-18/h4-9,12-13H,3,10-11,14H2,1-2H3,(H,26,30)(H,27,29,31). The lowest BCUT2D eigenvalue weighted by Gasteiger charge is -2.35. The zero-order valence-corrected chi connectivity index (χ0v) is 19.2. The number of carbonyl (C=O) groups is 3. The highest BCUT2D eigenvalue weighted by atomic mass is 32.2. The maximum Gasteiger partial charge on any atom is 0.258 e. The summed E-state index contributed by atoms with van der Waals surface area (Å²) in [7, 11) is 0. The molecular formula is C24H24N4O4S. The van der Waals surface area contributed by atoms with E-state index in [-0.39, 0.29) is 17.7 Å². The Morgan fingerprint density at radius 2 is 2.03 bits per heavy atom. The highest BCUT2D eigenvalue weighted by Crippen LogP contribution is 2.36. The van der Waals surface area contributed by atoms with Crippen LogP contribution in [0.1, 0.15) is 53.6 Å². The molecule has 1 aliphatic rings. The third kappa shape index (κ3) is 4.83. The Kier molecular flexibility index (Phi) is 6.60. The maximum absolute atomic E-state index is 12.9. The van der Waals surface area contributed by atoms with E-state index in [0.29, 0.717) is 41.3 Å². The summed E-state index contributed by atoms with van der Waals surface area (Å²) in [6, 6.07) is 12.5. The van der Waals surface area contributed by atoms with Crippen LogP contribution in [0.25, 0.3) is 0 Å². The van der Waals surface area contributed by atoms with Crippen molar-refractivity contribution < 1.29 is 18.9 Å². The number of aryl methyl sites for hydroxylation is 1. The van der Waals surface area contributed by atoms with Gasteiger partial charge in [0.1, 0.15) is 10.8 Å². The molecule has 2 N–H and O–H groups in total. The van der Waals surface area contributed by atoms with Gasteiger partial charge in [-0.15, -0.1) is 0 Å². The summed E-state index contributed by atoms with van der Waals surface area (Å²) in [5.41, 5.74) is 1.94. The van der Waals surface area contributed by atoms with Gasteiger partial charge in [-0.3, -0.25) is 19.7 Å². The SMILES string of the molecule is CCC1(c2ccc(NC(=O)c3cccnc3SCc3cc(C)on3)cc2)CCC(=O)NC1=O.